The normalized spacial score (nSPS) is 11.9. The Bertz CT molecular complexity index is 867. The average molecular weight is 324 g/mol. The fraction of sp³-hybridized carbons (Fsp3) is 0.167. The molecule has 0 amide bonds. The van der Waals surface area contributed by atoms with E-state index < -0.39 is 10.0 Å². The van der Waals surface area contributed by atoms with E-state index in [-0.39, 0.29) is 4.34 Å². The molecule has 7 nitrogen and oxygen atoms in total. The van der Waals surface area contributed by atoms with E-state index in [1.807, 2.05) is 31.2 Å². The number of nitrogens with zero attached hydrogens (tertiary/aromatic N) is 3. The molecule has 2 N–H and O–H groups in total. The van der Waals surface area contributed by atoms with Gasteiger partial charge in [-0.25, -0.2) is 23.1 Å². The molecule has 3 rings (SSSR count). The van der Waals surface area contributed by atoms with Crippen LogP contribution >= 0.6 is 11.3 Å². The molecule has 0 unspecified atom stereocenters. The fourth-order valence-electron chi connectivity index (χ4n) is 1.85. The van der Waals surface area contributed by atoms with Gasteiger partial charge >= 0.3 is 0 Å². The fourth-order valence-corrected chi connectivity index (χ4v) is 3.35. The molecule has 9 heteroatoms. The Morgan fingerprint density at radius 3 is 2.90 bits per heavy atom. The summed E-state index contributed by atoms with van der Waals surface area (Å²) in [6, 6.07) is 7.51. The van der Waals surface area contributed by atoms with Crippen LogP contribution in [0, 0.1) is 0 Å². The summed E-state index contributed by atoms with van der Waals surface area (Å²) >= 11 is 0.931. The van der Waals surface area contributed by atoms with Gasteiger partial charge in [-0.2, -0.15) is 0 Å². The molecule has 0 aliphatic heterocycles. The monoisotopic (exact) mass is 324 g/mol. The molecule has 110 valence electrons. The SMILES string of the molecule is CCOc1cccc(-c2cn3nc(S(N)(=O)=O)sc3n2)c1. The lowest BCUT2D eigenvalue weighted by atomic mass is 10.1. The first-order valence-corrected chi connectivity index (χ1v) is 8.46. The van der Waals surface area contributed by atoms with Crippen LogP contribution in [0.1, 0.15) is 6.92 Å². The van der Waals surface area contributed by atoms with Gasteiger partial charge in [-0.15, -0.1) is 5.10 Å². The van der Waals surface area contributed by atoms with E-state index in [9.17, 15) is 8.42 Å². The molecular formula is C12H12N4O3S2. The summed E-state index contributed by atoms with van der Waals surface area (Å²) in [6.45, 7) is 2.50. The Balaban J connectivity index is 2.02. The molecule has 2 aromatic heterocycles. The first-order chi connectivity index (χ1) is 9.97. The maximum Gasteiger partial charge on any atom is 0.267 e. The molecule has 0 atom stereocenters. The lowest BCUT2D eigenvalue weighted by molar-refractivity contribution is 0.340. The van der Waals surface area contributed by atoms with E-state index in [1.165, 1.54) is 4.52 Å². The quantitative estimate of drug-likeness (QED) is 0.784. The molecule has 0 saturated carbocycles. The average Bonchev–Trinajstić information content (AvgIpc) is 2.96. The number of benzene rings is 1. The van der Waals surface area contributed by atoms with Gasteiger partial charge in [0.25, 0.3) is 10.0 Å². The van der Waals surface area contributed by atoms with Crippen molar-refractivity contribution in [2.45, 2.75) is 11.3 Å². The molecule has 0 aliphatic rings. The topological polar surface area (TPSA) is 99.6 Å². The number of primary sulfonamides is 1. The van der Waals surface area contributed by atoms with E-state index in [0.717, 1.165) is 22.6 Å². The van der Waals surface area contributed by atoms with Crippen molar-refractivity contribution in [2.24, 2.45) is 5.14 Å². The van der Waals surface area contributed by atoms with Crippen molar-refractivity contribution in [3.8, 4) is 17.0 Å². The summed E-state index contributed by atoms with van der Waals surface area (Å²) in [5.41, 5.74) is 1.56. The third-order valence-corrected chi connectivity index (χ3v) is 4.94. The van der Waals surface area contributed by atoms with Crippen LogP contribution in [-0.2, 0) is 10.0 Å². The van der Waals surface area contributed by atoms with E-state index in [0.29, 0.717) is 17.3 Å². The number of rotatable bonds is 4. The Morgan fingerprint density at radius 2 is 2.24 bits per heavy atom. The summed E-state index contributed by atoms with van der Waals surface area (Å²) in [5.74, 6) is 0.754. The van der Waals surface area contributed by atoms with Crippen molar-refractivity contribution in [3.63, 3.8) is 0 Å². The van der Waals surface area contributed by atoms with Crippen LogP contribution in [0.25, 0.3) is 16.2 Å². The molecule has 0 fully saturated rings. The predicted octanol–water partition coefficient (Wildman–Crippen LogP) is 1.50. The van der Waals surface area contributed by atoms with Crippen molar-refractivity contribution in [2.75, 3.05) is 6.61 Å². The first kappa shape index (κ1) is 14.0. The Morgan fingerprint density at radius 1 is 1.43 bits per heavy atom. The molecule has 0 spiro atoms. The van der Waals surface area contributed by atoms with Gasteiger partial charge in [-0.1, -0.05) is 23.5 Å². The van der Waals surface area contributed by atoms with Crippen LogP contribution in [0.5, 0.6) is 5.75 Å². The number of ether oxygens (including phenoxy) is 1. The summed E-state index contributed by atoms with van der Waals surface area (Å²) in [6.07, 6.45) is 1.66. The van der Waals surface area contributed by atoms with Crippen LogP contribution in [-0.4, -0.2) is 29.6 Å². The predicted molar refractivity (Wildman–Crippen MR) is 78.8 cm³/mol. The maximum absolute atomic E-state index is 11.2. The number of aromatic nitrogens is 3. The highest BCUT2D eigenvalue weighted by molar-refractivity contribution is 7.91. The highest BCUT2D eigenvalue weighted by Crippen LogP contribution is 2.26. The van der Waals surface area contributed by atoms with Crippen LogP contribution in [0.3, 0.4) is 0 Å². The van der Waals surface area contributed by atoms with Crippen LogP contribution in [0.2, 0.25) is 0 Å². The Kier molecular flexibility index (Phi) is 3.40. The van der Waals surface area contributed by atoms with Crippen molar-refractivity contribution in [1.29, 1.82) is 0 Å². The van der Waals surface area contributed by atoms with Gasteiger partial charge in [-0.3, -0.25) is 0 Å². The Hall–Kier alpha value is -1.97. The number of hydrogen-bond acceptors (Lipinski definition) is 6. The van der Waals surface area contributed by atoms with Gasteiger partial charge in [0.1, 0.15) is 5.75 Å². The highest BCUT2D eigenvalue weighted by Gasteiger charge is 2.17. The standard InChI is InChI=1S/C12H12N4O3S2/c1-2-19-9-5-3-4-8(6-9)10-7-16-11(14-10)20-12(15-16)21(13,17)18/h3-7H,2H2,1H3,(H2,13,17,18). The summed E-state index contributed by atoms with van der Waals surface area (Å²) < 4.78 is 29.2. The molecule has 2 heterocycles. The minimum Gasteiger partial charge on any atom is -0.494 e. The zero-order chi connectivity index (χ0) is 15.0. The summed E-state index contributed by atoms with van der Waals surface area (Å²) in [7, 11) is -3.80. The molecular weight excluding hydrogens is 312 g/mol. The van der Waals surface area contributed by atoms with E-state index in [4.69, 9.17) is 9.88 Å². The van der Waals surface area contributed by atoms with Gasteiger partial charge in [0, 0.05) is 5.56 Å². The van der Waals surface area contributed by atoms with Crippen molar-refractivity contribution >= 4 is 26.3 Å². The first-order valence-electron chi connectivity index (χ1n) is 6.09. The third-order valence-electron chi connectivity index (χ3n) is 2.71. The number of fused-ring (bicyclic) bond motifs is 1. The zero-order valence-electron chi connectivity index (χ0n) is 11.1. The van der Waals surface area contributed by atoms with Crippen molar-refractivity contribution < 1.29 is 13.2 Å². The Labute approximate surface area is 125 Å². The second-order valence-corrected chi connectivity index (χ2v) is 6.92. The van der Waals surface area contributed by atoms with Gasteiger partial charge in [0.2, 0.25) is 9.30 Å². The van der Waals surface area contributed by atoms with Crippen LogP contribution < -0.4 is 9.88 Å². The van der Waals surface area contributed by atoms with E-state index in [2.05, 4.69) is 10.1 Å². The molecule has 21 heavy (non-hydrogen) atoms. The highest BCUT2D eigenvalue weighted by atomic mass is 32.2. The van der Waals surface area contributed by atoms with E-state index >= 15 is 0 Å². The number of nitrogens with two attached hydrogens (primary N) is 1. The zero-order valence-corrected chi connectivity index (χ0v) is 12.7. The maximum atomic E-state index is 11.2. The second-order valence-electron chi connectivity index (χ2n) is 4.23. The molecule has 0 radical (unpaired) electrons. The molecule has 0 bridgehead atoms. The van der Waals surface area contributed by atoms with Crippen molar-refractivity contribution in [3.05, 3.63) is 30.5 Å². The van der Waals surface area contributed by atoms with Gasteiger partial charge in [0.05, 0.1) is 18.5 Å². The van der Waals surface area contributed by atoms with Gasteiger partial charge < -0.3 is 4.74 Å². The summed E-state index contributed by atoms with van der Waals surface area (Å²) in [5, 5.41) is 8.96. The van der Waals surface area contributed by atoms with Crippen molar-refractivity contribution in [1.82, 2.24) is 14.6 Å². The number of imidazole rings is 1. The third kappa shape index (κ3) is 2.75. The molecule has 0 aliphatic carbocycles. The molecule has 1 aromatic carbocycles. The minimum absolute atomic E-state index is 0.153. The minimum atomic E-state index is -3.80. The molecule has 0 saturated heterocycles. The number of sulfonamides is 1. The lowest BCUT2D eigenvalue weighted by Crippen LogP contribution is -2.12. The van der Waals surface area contributed by atoms with Crippen LogP contribution in [0.4, 0.5) is 0 Å². The van der Waals surface area contributed by atoms with Gasteiger partial charge in [0.15, 0.2) is 0 Å². The lowest BCUT2D eigenvalue weighted by Gasteiger charge is -2.03. The van der Waals surface area contributed by atoms with Gasteiger partial charge in [-0.05, 0) is 19.1 Å². The van der Waals surface area contributed by atoms with Crippen LogP contribution in [0.15, 0.2) is 34.8 Å². The largest absolute Gasteiger partial charge is 0.494 e. The smallest absolute Gasteiger partial charge is 0.267 e. The summed E-state index contributed by atoms with van der Waals surface area (Å²) in [4.78, 5) is 4.83. The van der Waals surface area contributed by atoms with E-state index in [1.54, 1.807) is 6.20 Å². The second kappa shape index (κ2) is 5.10. The molecule has 3 aromatic rings. The number of hydrogen-bond donors (Lipinski definition) is 1.